The Morgan fingerprint density at radius 3 is 2.71 bits per heavy atom. The molecule has 3 aromatic heterocycles. The van der Waals surface area contributed by atoms with Gasteiger partial charge in [-0.15, -0.1) is 21.5 Å². The molecule has 0 atom stereocenters. The minimum absolute atomic E-state index is 0.295. The molecule has 0 aliphatic heterocycles. The third-order valence-corrected chi connectivity index (χ3v) is 3.94. The summed E-state index contributed by atoms with van der Waals surface area (Å²) in [6.45, 7) is 0. The topological polar surface area (TPSA) is 43.1 Å². The fourth-order valence-corrected chi connectivity index (χ4v) is 3.11. The summed E-state index contributed by atoms with van der Waals surface area (Å²) in [5.41, 5.74) is 1.22. The van der Waals surface area contributed by atoms with Crippen LogP contribution in [0.5, 0.6) is 0 Å². The van der Waals surface area contributed by atoms with Crippen molar-refractivity contribution in [3.8, 4) is 11.4 Å². The molecule has 0 unspecified atom stereocenters. The van der Waals surface area contributed by atoms with Crippen molar-refractivity contribution in [2.45, 2.75) is 0 Å². The summed E-state index contributed by atoms with van der Waals surface area (Å²) in [4.78, 5) is 3.93. The molecule has 86 valence electrons. The van der Waals surface area contributed by atoms with Crippen molar-refractivity contribution in [3.63, 3.8) is 0 Å². The summed E-state index contributed by atoms with van der Waals surface area (Å²) in [6.07, 6.45) is 3.29. The van der Waals surface area contributed by atoms with Crippen molar-refractivity contribution in [3.05, 3.63) is 32.3 Å². The number of hydrogen-bond donors (Lipinski definition) is 0. The third-order valence-electron chi connectivity index (χ3n) is 2.18. The minimum Gasteiger partial charge on any atom is -0.278 e. The predicted molar refractivity (Wildman–Crippen MR) is 69.1 cm³/mol. The molecule has 3 aromatic rings. The van der Waals surface area contributed by atoms with E-state index in [1.54, 1.807) is 22.9 Å². The Bertz CT molecular complexity index is 705. The Kier molecular flexibility index (Phi) is 2.71. The maximum Gasteiger partial charge on any atom is 0.198 e. The van der Waals surface area contributed by atoms with E-state index in [0.717, 1.165) is 5.56 Å². The molecule has 0 aromatic carbocycles. The zero-order valence-corrected chi connectivity index (χ0v) is 11.1. The van der Waals surface area contributed by atoms with Gasteiger partial charge in [-0.3, -0.25) is 4.40 Å². The molecule has 0 spiro atoms. The molecular formula is C9H3Cl3N4S. The molecule has 0 fully saturated rings. The van der Waals surface area contributed by atoms with E-state index in [-0.39, 0.29) is 0 Å². The van der Waals surface area contributed by atoms with Gasteiger partial charge in [0.25, 0.3) is 0 Å². The van der Waals surface area contributed by atoms with Gasteiger partial charge in [-0.1, -0.05) is 34.8 Å². The Balaban J connectivity index is 2.32. The van der Waals surface area contributed by atoms with Crippen LogP contribution in [0.2, 0.25) is 13.8 Å². The van der Waals surface area contributed by atoms with Crippen LogP contribution in [0.1, 0.15) is 0 Å². The predicted octanol–water partition coefficient (Wildman–Crippen LogP) is 3.81. The molecule has 3 heterocycles. The van der Waals surface area contributed by atoms with E-state index in [1.807, 2.05) is 0 Å². The maximum atomic E-state index is 6.08. The largest absolute Gasteiger partial charge is 0.278 e. The lowest BCUT2D eigenvalue weighted by Crippen LogP contribution is -1.90. The molecule has 0 amide bonds. The summed E-state index contributed by atoms with van der Waals surface area (Å²) >= 11 is 19.2. The van der Waals surface area contributed by atoms with E-state index >= 15 is 0 Å². The van der Waals surface area contributed by atoms with E-state index in [4.69, 9.17) is 34.8 Å². The van der Waals surface area contributed by atoms with Crippen LogP contribution < -0.4 is 0 Å². The molecular weight excluding hydrogens is 303 g/mol. The third kappa shape index (κ3) is 1.79. The molecule has 0 saturated heterocycles. The van der Waals surface area contributed by atoms with Crippen molar-refractivity contribution < 1.29 is 0 Å². The molecule has 0 aliphatic rings. The summed E-state index contributed by atoms with van der Waals surface area (Å²) in [5, 5.41) is 8.31. The van der Waals surface area contributed by atoms with E-state index in [1.165, 1.54) is 11.3 Å². The second-order valence-electron chi connectivity index (χ2n) is 3.17. The van der Waals surface area contributed by atoms with Gasteiger partial charge in [0.2, 0.25) is 0 Å². The number of aromatic nitrogens is 4. The van der Waals surface area contributed by atoms with E-state index in [2.05, 4.69) is 15.2 Å². The molecule has 0 aliphatic carbocycles. The van der Waals surface area contributed by atoms with Crippen LogP contribution in [0.15, 0.2) is 18.5 Å². The molecule has 17 heavy (non-hydrogen) atoms. The number of halogens is 3. The summed E-state index contributed by atoms with van der Waals surface area (Å²) in [7, 11) is 0. The zero-order valence-electron chi connectivity index (χ0n) is 8.06. The Labute approximate surface area is 115 Å². The Hall–Kier alpha value is -0.880. The van der Waals surface area contributed by atoms with Crippen LogP contribution >= 0.6 is 46.1 Å². The van der Waals surface area contributed by atoms with Gasteiger partial charge in [0.05, 0.1) is 9.90 Å². The van der Waals surface area contributed by atoms with Crippen LogP contribution in [-0.4, -0.2) is 19.6 Å². The van der Waals surface area contributed by atoms with Crippen molar-refractivity contribution in [2.75, 3.05) is 0 Å². The van der Waals surface area contributed by atoms with Crippen LogP contribution in [0.3, 0.4) is 0 Å². The van der Waals surface area contributed by atoms with Gasteiger partial charge in [-0.2, -0.15) is 0 Å². The highest BCUT2D eigenvalue weighted by atomic mass is 35.5. The monoisotopic (exact) mass is 304 g/mol. The molecule has 3 rings (SSSR count). The molecule has 0 saturated carbocycles. The standard InChI is InChI=1S/C9H3Cl3N4S/c10-5-3-4(7(12)17-5)8-14-15-9-6(11)13-1-2-16(8)9/h1-3H. The van der Waals surface area contributed by atoms with Gasteiger partial charge in [-0.05, 0) is 6.07 Å². The van der Waals surface area contributed by atoms with Gasteiger partial charge < -0.3 is 0 Å². The first-order valence-electron chi connectivity index (χ1n) is 4.47. The van der Waals surface area contributed by atoms with E-state index in [0.29, 0.717) is 25.3 Å². The van der Waals surface area contributed by atoms with Gasteiger partial charge in [0.15, 0.2) is 16.6 Å². The Morgan fingerprint density at radius 2 is 2.00 bits per heavy atom. The zero-order chi connectivity index (χ0) is 12.0. The lowest BCUT2D eigenvalue weighted by molar-refractivity contribution is 1.11. The summed E-state index contributed by atoms with van der Waals surface area (Å²) in [6, 6.07) is 1.75. The number of hydrogen-bond acceptors (Lipinski definition) is 4. The average molecular weight is 306 g/mol. The lowest BCUT2D eigenvalue weighted by atomic mass is 10.3. The highest BCUT2D eigenvalue weighted by Crippen LogP contribution is 2.37. The van der Waals surface area contributed by atoms with Crippen LogP contribution in [-0.2, 0) is 0 Å². The first-order chi connectivity index (χ1) is 8.16. The normalized spacial score (nSPS) is 11.2. The lowest BCUT2D eigenvalue weighted by Gasteiger charge is -1.97. The van der Waals surface area contributed by atoms with Crippen molar-refractivity contribution in [2.24, 2.45) is 0 Å². The fourth-order valence-electron chi connectivity index (χ4n) is 1.47. The number of nitrogens with zero attached hydrogens (tertiary/aromatic N) is 4. The SMILES string of the molecule is Clc1cc(-c2nnc3c(Cl)nccn23)c(Cl)s1. The summed E-state index contributed by atoms with van der Waals surface area (Å²) < 4.78 is 2.89. The Morgan fingerprint density at radius 1 is 1.18 bits per heavy atom. The molecule has 4 nitrogen and oxygen atoms in total. The second-order valence-corrected chi connectivity index (χ2v) is 5.82. The first kappa shape index (κ1) is 11.2. The fraction of sp³-hybridized carbons (Fsp3) is 0. The van der Waals surface area contributed by atoms with E-state index in [9.17, 15) is 0 Å². The van der Waals surface area contributed by atoms with Crippen LogP contribution in [0.25, 0.3) is 17.0 Å². The molecule has 0 N–H and O–H groups in total. The van der Waals surface area contributed by atoms with Crippen molar-refractivity contribution in [1.29, 1.82) is 0 Å². The van der Waals surface area contributed by atoms with Gasteiger partial charge in [0.1, 0.15) is 4.34 Å². The molecule has 8 heteroatoms. The van der Waals surface area contributed by atoms with Gasteiger partial charge in [-0.25, -0.2) is 4.98 Å². The quantitative estimate of drug-likeness (QED) is 0.686. The second kappa shape index (κ2) is 4.10. The van der Waals surface area contributed by atoms with Gasteiger partial charge in [0, 0.05) is 12.4 Å². The number of fused-ring (bicyclic) bond motifs is 1. The smallest absolute Gasteiger partial charge is 0.198 e. The van der Waals surface area contributed by atoms with Crippen molar-refractivity contribution >= 4 is 51.8 Å². The average Bonchev–Trinajstić information content (AvgIpc) is 2.83. The summed E-state index contributed by atoms with van der Waals surface area (Å²) in [5.74, 6) is 0.595. The van der Waals surface area contributed by atoms with E-state index < -0.39 is 0 Å². The van der Waals surface area contributed by atoms with Crippen molar-refractivity contribution in [1.82, 2.24) is 19.6 Å². The maximum absolute atomic E-state index is 6.08. The first-order valence-corrected chi connectivity index (χ1v) is 6.42. The highest BCUT2D eigenvalue weighted by molar-refractivity contribution is 7.20. The highest BCUT2D eigenvalue weighted by Gasteiger charge is 2.15. The number of thiophene rings is 1. The number of rotatable bonds is 1. The van der Waals surface area contributed by atoms with Crippen LogP contribution in [0.4, 0.5) is 0 Å². The minimum atomic E-state index is 0.295. The van der Waals surface area contributed by atoms with Crippen LogP contribution in [0, 0.1) is 0 Å². The van der Waals surface area contributed by atoms with Gasteiger partial charge >= 0.3 is 0 Å². The molecule has 0 radical (unpaired) electrons. The molecule has 0 bridgehead atoms.